The number of hydrogen-bond donors (Lipinski definition) is 1. The largest absolute Gasteiger partial charge is 0.337 e. The molecular weight excluding hydrogens is 236 g/mol. The Morgan fingerprint density at radius 2 is 2.00 bits per heavy atom. The van der Waals surface area contributed by atoms with Crippen LogP contribution in [0.1, 0.15) is 32.3 Å². The summed E-state index contributed by atoms with van der Waals surface area (Å²) in [5, 5.41) is 3.21. The second-order valence-electron chi connectivity index (χ2n) is 6.06. The van der Waals surface area contributed by atoms with Gasteiger partial charge >= 0.3 is 0 Å². The zero-order valence-electron chi connectivity index (χ0n) is 12.1. The zero-order valence-corrected chi connectivity index (χ0v) is 12.1. The smallest absolute Gasteiger partial charge is 0.240 e. The number of carbonyl (C=O) groups is 1. The molecule has 0 aliphatic carbocycles. The van der Waals surface area contributed by atoms with Crippen molar-refractivity contribution in [1.29, 1.82) is 0 Å². The first kappa shape index (κ1) is 14.1. The summed E-state index contributed by atoms with van der Waals surface area (Å²) in [6.07, 6.45) is 2.15. The summed E-state index contributed by atoms with van der Waals surface area (Å²) >= 11 is 0. The van der Waals surface area contributed by atoms with E-state index in [-0.39, 0.29) is 17.4 Å². The molecule has 1 atom stereocenters. The Morgan fingerprint density at radius 1 is 1.32 bits per heavy atom. The van der Waals surface area contributed by atoms with Crippen molar-refractivity contribution >= 4 is 5.91 Å². The summed E-state index contributed by atoms with van der Waals surface area (Å²) in [5.74, 6) is 0.230. The van der Waals surface area contributed by atoms with Crippen molar-refractivity contribution in [3.05, 3.63) is 35.9 Å². The molecule has 3 nitrogen and oxygen atoms in total. The number of hydrogen-bond acceptors (Lipinski definition) is 2. The van der Waals surface area contributed by atoms with E-state index in [1.807, 2.05) is 30.1 Å². The molecule has 0 radical (unpaired) electrons. The summed E-state index contributed by atoms with van der Waals surface area (Å²) in [4.78, 5) is 14.7. The first-order chi connectivity index (χ1) is 9.04. The van der Waals surface area contributed by atoms with E-state index in [1.165, 1.54) is 5.56 Å². The molecule has 1 unspecified atom stereocenters. The number of amides is 1. The number of likely N-dealkylation sites (tertiary alicyclic amines) is 1. The molecule has 19 heavy (non-hydrogen) atoms. The van der Waals surface area contributed by atoms with Crippen LogP contribution < -0.4 is 5.32 Å². The van der Waals surface area contributed by atoms with Gasteiger partial charge in [0.1, 0.15) is 0 Å². The van der Waals surface area contributed by atoms with Crippen molar-refractivity contribution in [2.75, 3.05) is 13.6 Å². The van der Waals surface area contributed by atoms with Crippen LogP contribution in [0.4, 0.5) is 0 Å². The van der Waals surface area contributed by atoms with Crippen LogP contribution in [0.3, 0.4) is 0 Å². The highest BCUT2D eigenvalue weighted by atomic mass is 16.2. The predicted octanol–water partition coefficient (Wildman–Crippen LogP) is 2.42. The minimum atomic E-state index is -0.0845. The van der Waals surface area contributed by atoms with E-state index in [1.54, 1.807) is 0 Å². The maximum atomic E-state index is 12.7. The van der Waals surface area contributed by atoms with Crippen LogP contribution in [0.25, 0.3) is 0 Å². The van der Waals surface area contributed by atoms with Gasteiger partial charge < -0.3 is 10.2 Å². The van der Waals surface area contributed by atoms with Gasteiger partial charge in [-0.3, -0.25) is 4.79 Å². The van der Waals surface area contributed by atoms with Gasteiger partial charge in [-0.2, -0.15) is 0 Å². The summed E-state index contributed by atoms with van der Waals surface area (Å²) in [6, 6.07) is 10.1. The second kappa shape index (κ2) is 5.74. The number of likely N-dealkylation sites (N-methyl/N-ethyl adjacent to an activating group) is 1. The minimum Gasteiger partial charge on any atom is -0.337 e. The topological polar surface area (TPSA) is 32.3 Å². The van der Waals surface area contributed by atoms with E-state index in [4.69, 9.17) is 0 Å². The van der Waals surface area contributed by atoms with Crippen LogP contribution in [-0.2, 0) is 11.3 Å². The Hall–Kier alpha value is -1.35. The Kier molecular flexibility index (Phi) is 4.25. The molecule has 1 N–H and O–H groups in total. The fraction of sp³-hybridized carbons (Fsp3) is 0.562. The molecule has 1 saturated heterocycles. The molecule has 3 heteroatoms. The molecule has 1 aliphatic heterocycles. The van der Waals surface area contributed by atoms with Gasteiger partial charge in [0, 0.05) is 13.1 Å². The number of nitrogens with one attached hydrogen (secondary N) is 1. The van der Waals surface area contributed by atoms with Gasteiger partial charge in [-0.25, -0.2) is 0 Å². The van der Waals surface area contributed by atoms with Crippen LogP contribution in [0.5, 0.6) is 0 Å². The van der Waals surface area contributed by atoms with E-state index in [2.05, 4.69) is 31.3 Å². The van der Waals surface area contributed by atoms with E-state index in [0.29, 0.717) is 6.54 Å². The highest BCUT2D eigenvalue weighted by Gasteiger charge is 2.38. The first-order valence-corrected chi connectivity index (χ1v) is 7.04. The zero-order chi connectivity index (χ0) is 13.9. The summed E-state index contributed by atoms with van der Waals surface area (Å²) in [7, 11) is 1.89. The maximum Gasteiger partial charge on any atom is 0.240 e. The van der Waals surface area contributed by atoms with Gasteiger partial charge in [0.25, 0.3) is 0 Å². The van der Waals surface area contributed by atoms with E-state index in [0.717, 1.165) is 19.4 Å². The van der Waals surface area contributed by atoms with Crippen molar-refractivity contribution in [3.63, 3.8) is 0 Å². The quantitative estimate of drug-likeness (QED) is 0.905. The lowest BCUT2D eigenvalue weighted by Gasteiger charge is -2.32. The lowest BCUT2D eigenvalue weighted by molar-refractivity contribution is -0.135. The molecule has 1 aliphatic rings. The summed E-state index contributed by atoms with van der Waals surface area (Å²) in [5.41, 5.74) is 1.22. The fourth-order valence-electron chi connectivity index (χ4n) is 2.97. The normalized spacial score (nSPS) is 23.2. The Balaban J connectivity index is 2.15. The van der Waals surface area contributed by atoms with Gasteiger partial charge in [-0.1, -0.05) is 44.2 Å². The molecule has 104 valence electrons. The minimum absolute atomic E-state index is 0.0251. The van der Waals surface area contributed by atoms with Gasteiger partial charge in [-0.15, -0.1) is 0 Å². The highest BCUT2D eigenvalue weighted by molar-refractivity contribution is 5.83. The van der Waals surface area contributed by atoms with Crippen molar-refractivity contribution in [1.82, 2.24) is 10.2 Å². The monoisotopic (exact) mass is 260 g/mol. The highest BCUT2D eigenvalue weighted by Crippen LogP contribution is 2.31. The van der Waals surface area contributed by atoms with Gasteiger partial charge in [-0.05, 0) is 30.9 Å². The third kappa shape index (κ3) is 3.16. The van der Waals surface area contributed by atoms with Crippen LogP contribution in [0.2, 0.25) is 0 Å². The SMILES string of the molecule is CNC1C(=O)N(Cc2ccccc2)CCCC1(C)C. The summed E-state index contributed by atoms with van der Waals surface area (Å²) in [6.45, 7) is 5.93. The molecule has 2 rings (SSSR count). The lowest BCUT2D eigenvalue weighted by Crippen LogP contribution is -2.50. The van der Waals surface area contributed by atoms with Crippen molar-refractivity contribution < 1.29 is 4.79 Å². The molecule has 1 heterocycles. The average molecular weight is 260 g/mol. The Bertz CT molecular complexity index is 428. The summed E-state index contributed by atoms with van der Waals surface area (Å²) < 4.78 is 0. The molecule has 1 amide bonds. The number of nitrogens with zero attached hydrogens (tertiary/aromatic N) is 1. The molecule has 0 bridgehead atoms. The van der Waals surface area contributed by atoms with Gasteiger partial charge in [0.05, 0.1) is 6.04 Å². The Morgan fingerprint density at radius 3 is 2.63 bits per heavy atom. The predicted molar refractivity (Wildman–Crippen MR) is 77.7 cm³/mol. The van der Waals surface area contributed by atoms with Gasteiger partial charge in [0.15, 0.2) is 0 Å². The maximum absolute atomic E-state index is 12.7. The van der Waals surface area contributed by atoms with Crippen molar-refractivity contribution in [2.45, 2.75) is 39.3 Å². The fourth-order valence-corrected chi connectivity index (χ4v) is 2.97. The van der Waals surface area contributed by atoms with E-state index in [9.17, 15) is 4.79 Å². The Labute approximate surface area is 116 Å². The van der Waals surface area contributed by atoms with Crippen LogP contribution in [0.15, 0.2) is 30.3 Å². The van der Waals surface area contributed by atoms with E-state index >= 15 is 0 Å². The van der Waals surface area contributed by atoms with Crippen LogP contribution in [0, 0.1) is 5.41 Å². The molecule has 1 aromatic rings. The molecule has 0 saturated carbocycles. The van der Waals surface area contributed by atoms with Crippen molar-refractivity contribution in [3.8, 4) is 0 Å². The molecule has 0 aromatic heterocycles. The third-order valence-electron chi connectivity index (χ3n) is 4.09. The number of rotatable bonds is 3. The number of benzene rings is 1. The number of carbonyl (C=O) groups excluding carboxylic acids is 1. The van der Waals surface area contributed by atoms with Gasteiger partial charge in [0.2, 0.25) is 5.91 Å². The van der Waals surface area contributed by atoms with Crippen molar-refractivity contribution in [2.24, 2.45) is 5.41 Å². The standard InChI is InChI=1S/C16H24N2O/c1-16(2)10-7-11-18(15(19)14(16)17-3)12-13-8-5-4-6-9-13/h4-6,8-9,14,17H,7,10-12H2,1-3H3. The van der Waals surface area contributed by atoms with Crippen LogP contribution in [-0.4, -0.2) is 30.4 Å². The first-order valence-electron chi connectivity index (χ1n) is 7.04. The van der Waals surface area contributed by atoms with E-state index < -0.39 is 0 Å². The average Bonchev–Trinajstić information content (AvgIpc) is 2.48. The second-order valence-corrected chi connectivity index (χ2v) is 6.06. The van der Waals surface area contributed by atoms with Crippen LogP contribution >= 0.6 is 0 Å². The molecule has 0 spiro atoms. The molecule has 1 fully saturated rings. The third-order valence-corrected chi connectivity index (χ3v) is 4.09. The lowest BCUT2D eigenvalue weighted by atomic mass is 9.80. The molecular formula is C16H24N2O. The molecule has 1 aromatic carbocycles.